The van der Waals surface area contributed by atoms with Gasteiger partial charge in [0, 0.05) is 19.2 Å². The average Bonchev–Trinajstić information content (AvgIpc) is 2.70. The van der Waals surface area contributed by atoms with Crippen molar-refractivity contribution >= 4 is 28.7 Å². The van der Waals surface area contributed by atoms with E-state index < -0.39 is 0 Å². The number of hydrogen-bond acceptors (Lipinski definition) is 4. The molecular formula is C21H23NO4. The van der Waals surface area contributed by atoms with Gasteiger partial charge in [-0.05, 0) is 53.5 Å². The summed E-state index contributed by atoms with van der Waals surface area (Å²) in [6.07, 6.45) is 4.75. The van der Waals surface area contributed by atoms with Crippen LogP contribution in [0.2, 0.25) is 0 Å². The van der Waals surface area contributed by atoms with E-state index >= 15 is 0 Å². The van der Waals surface area contributed by atoms with E-state index in [1.54, 1.807) is 18.1 Å². The molecule has 0 aliphatic carbocycles. The van der Waals surface area contributed by atoms with Gasteiger partial charge in [-0.25, -0.2) is 0 Å². The number of carbonyl (C=O) groups is 2. The molecule has 0 unspecified atom stereocenters. The van der Waals surface area contributed by atoms with Crippen LogP contribution in [0.25, 0.3) is 16.8 Å². The third-order valence-corrected chi connectivity index (χ3v) is 4.83. The molecule has 0 bridgehead atoms. The van der Waals surface area contributed by atoms with Gasteiger partial charge in [-0.1, -0.05) is 18.2 Å². The monoisotopic (exact) mass is 353 g/mol. The SMILES string of the molecule is COC(=O)C1CCN(C(=O)/C=C/c2ccc3cc(OC)ccc3c2)CC1. The van der Waals surface area contributed by atoms with Crippen LogP contribution in [-0.2, 0) is 14.3 Å². The molecule has 5 nitrogen and oxygen atoms in total. The van der Waals surface area contributed by atoms with Crippen LogP contribution in [0.4, 0.5) is 0 Å². The number of fused-ring (bicyclic) bond motifs is 1. The first-order chi connectivity index (χ1) is 12.6. The Morgan fingerprint density at radius 1 is 1.04 bits per heavy atom. The maximum atomic E-state index is 12.4. The van der Waals surface area contributed by atoms with Crippen molar-refractivity contribution < 1.29 is 19.1 Å². The highest BCUT2D eigenvalue weighted by Gasteiger charge is 2.26. The first-order valence-electron chi connectivity index (χ1n) is 8.73. The molecule has 2 aromatic carbocycles. The van der Waals surface area contributed by atoms with Crippen LogP contribution in [0, 0.1) is 5.92 Å². The molecule has 0 spiro atoms. The molecule has 136 valence electrons. The van der Waals surface area contributed by atoms with Crippen molar-refractivity contribution in [2.45, 2.75) is 12.8 Å². The van der Waals surface area contributed by atoms with Gasteiger partial charge in [0.05, 0.1) is 20.1 Å². The van der Waals surface area contributed by atoms with Crippen LogP contribution < -0.4 is 4.74 Å². The zero-order chi connectivity index (χ0) is 18.5. The van der Waals surface area contributed by atoms with Crippen molar-refractivity contribution in [2.24, 2.45) is 5.92 Å². The Kier molecular flexibility index (Phi) is 5.56. The standard InChI is InChI=1S/C21H23NO4/c1-25-19-7-6-17-13-15(3-5-18(17)14-19)4-8-20(23)22-11-9-16(10-12-22)21(24)26-2/h3-8,13-14,16H,9-12H2,1-2H3/b8-4+. The first kappa shape index (κ1) is 18.0. The van der Waals surface area contributed by atoms with Crippen LogP contribution in [-0.4, -0.2) is 44.1 Å². The van der Waals surface area contributed by atoms with Gasteiger partial charge < -0.3 is 14.4 Å². The van der Waals surface area contributed by atoms with Gasteiger partial charge in [-0.15, -0.1) is 0 Å². The largest absolute Gasteiger partial charge is 0.497 e. The smallest absolute Gasteiger partial charge is 0.308 e. The number of benzene rings is 2. The number of carbonyl (C=O) groups excluding carboxylic acids is 2. The second kappa shape index (κ2) is 8.04. The summed E-state index contributed by atoms with van der Waals surface area (Å²) < 4.78 is 10.0. The minimum Gasteiger partial charge on any atom is -0.497 e. The third-order valence-electron chi connectivity index (χ3n) is 4.83. The minimum atomic E-state index is -0.180. The second-order valence-corrected chi connectivity index (χ2v) is 6.43. The normalized spacial score (nSPS) is 15.4. The van der Waals surface area contributed by atoms with Gasteiger partial charge >= 0.3 is 5.97 Å². The Bertz CT molecular complexity index is 835. The quantitative estimate of drug-likeness (QED) is 0.625. The highest BCUT2D eigenvalue weighted by Crippen LogP contribution is 2.23. The summed E-state index contributed by atoms with van der Waals surface area (Å²) in [5, 5.41) is 2.19. The zero-order valence-corrected chi connectivity index (χ0v) is 15.1. The summed E-state index contributed by atoms with van der Waals surface area (Å²) in [4.78, 5) is 25.7. The number of amides is 1. The summed E-state index contributed by atoms with van der Waals surface area (Å²) in [6.45, 7) is 1.17. The molecule has 1 aliphatic rings. The van der Waals surface area contributed by atoms with E-state index in [9.17, 15) is 9.59 Å². The van der Waals surface area contributed by atoms with Crippen molar-refractivity contribution in [1.82, 2.24) is 4.90 Å². The third kappa shape index (κ3) is 4.04. The van der Waals surface area contributed by atoms with Crippen molar-refractivity contribution in [3.05, 3.63) is 48.0 Å². The van der Waals surface area contributed by atoms with E-state index in [0.29, 0.717) is 25.9 Å². The van der Waals surface area contributed by atoms with Gasteiger partial charge in [0.2, 0.25) is 5.91 Å². The maximum absolute atomic E-state index is 12.4. The van der Waals surface area contributed by atoms with Gasteiger partial charge in [0.25, 0.3) is 0 Å². The predicted octanol–water partition coefficient (Wildman–Crippen LogP) is 3.27. The lowest BCUT2D eigenvalue weighted by Gasteiger charge is -2.29. The lowest BCUT2D eigenvalue weighted by molar-refractivity contribution is -0.148. The molecule has 0 N–H and O–H groups in total. The molecular weight excluding hydrogens is 330 g/mol. The summed E-state index contributed by atoms with van der Waals surface area (Å²) in [6, 6.07) is 12.0. The predicted molar refractivity (Wildman–Crippen MR) is 101 cm³/mol. The van der Waals surface area contributed by atoms with Gasteiger partial charge in [-0.3, -0.25) is 9.59 Å². The Labute approximate surface area is 153 Å². The summed E-state index contributed by atoms with van der Waals surface area (Å²) in [5.41, 5.74) is 0.973. The Morgan fingerprint density at radius 2 is 1.73 bits per heavy atom. The second-order valence-electron chi connectivity index (χ2n) is 6.43. The fourth-order valence-corrected chi connectivity index (χ4v) is 3.25. The molecule has 1 saturated heterocycles. The first-order valence-corrected chi connectivity index (χ1v) is 8.73. The van der Waals surface area contributed by atoms with Crippen molar-refractivity contribution in [3.63, 3.8) is 0 Å². The number of rotatable bonds is 4. The molecule has 26 heavy (non-hydrogen) atoms. The number of methoxy groups -OCH3 is 2. The van der Waals surface area contributed by atoms with Crippen molar-refractivity contribution in [2.75, 3.05) is 27.3 Å². The van der Waals surface area contributed by atoms with Crippen LogP contribution in [0.5, 0.6) is 5.75 Å². The molecule has 1 fully saturated rings. The molecule has 5 heteroatoms. The molecule has 1 aliphatic heterocycles. The Hall–Kier alpha value is -2.82. The van der Waals surface area contributed by atoms with Gasteiger partial charge in [-0.2, -0.15) is 0 Å². The number of piperidine rings is 1. The summed E-state index contributed by atoms with van der Waals surface area (Å²) in [5.74, 6) is 0.528. The lowest BCUT2D eigenvalue weighted by atomic mass is 9.97. The number of likely N-dealkylation sites (tertiary alicyclic amines) is 1. The molecule has 3 rings (SSSR count). The Morgan fingerprint density at radius 3 is 2.42 bits per heavy atom. The average molecular weight is 353 g/mol. The van der Waals surface area contributed by atoms with Crippen LogP contribution in [0.1, 0.15) is 18.4 Å². The summed E-state index contributed by atoms with van der Waals surface area (Å²) in [7, 11) is 3.06. The van der Waals surface area contributed by atoms with Crippen molar-refractivity contribution in [3.8, 4) is 5.75 Å². The van der Waals surface area contributed by atoms with E-state index in [1.807, 2.05) is 42.5 Å². The van der Waals surface area contributed by atoms with E-state index in [0.717, 1.165) is 22.1 Å². The molecule has 0 atom stereocenters. The van der Waals surface area contributed by atoms with Crippen LogP contribution in [0.15, 0.2) is 42.5 Å². The van der Waals surface area contributed by atoms with E-state index in [2.05, 4.69) is 0 Å². The van der Waals surface area contributed by atoms with Gasteiger partial charge in [0.1, 0.15) is 5.75 Å². The molecule has 0 radical (unpaired) electrons. The number of nitrogens with zero attached hydrogens (tertiary/aromatic N) is 1. The van der Waals surface area contributed by atoms with E-state index in [1.165, 1.54) is 7.11 Å². The topological polar surface area (TPSA) is 55.8 Å². The minimum absolute atomic E-state index is 0.0249. The fraction of sp³-hybridized carbons (Fsp3) is 0.333. The zero-order valence-electron chi connectivity index (χ0n) is 15.1. The molecule has 0 aromatic heterocycles. The lowest BCUT2D eigenvalue weighted by Crippen LogP contribution is -2.39. The number of ether oxygens (including phenoxy) is 2. The van der Waals surface area contributed by atoms with E-state index in [4.69, 9.17) is 9.47 Å². The molecule has 1 heterocycles. The maximum Gasteiger partial charge on any atom is 0.308 e. The van der Waals surface area contributed by atoms with E-state index in [-0.39, 0.29) is 17.8 Å². The van der Waals surface area contributed by atoms with Crippen LogP contribution >= 0.6 is 0 Å². The van der Waals surface area contributed by atoms with Crippen LogP contribution in [0.3, 0.4) is 0 Å². The molecule has 0 saturated carbocycles. The fourth-order valence-electron chi connectivity index (χ4n) is 3.25. The van der Waals surface area contributed by atoms with Gasteiger partial charge in [0.15, 0.2) is 0 Å². The molecule has 1 amide bonds. The van der Waals surface area contributed by atoms with Crippen molar-refractivity contribution in [1.29, 1.82) is 0 Å². The summed E-state index contributed by atoms with van der Waals surface area (Å²) >= 11 is 0. The number of hydrogen-bond donors (Lipinski definition) is 0. The highest BCUT2D eigenvalue weighted by atomic mass is 16.5. The number of esters is 1. The molecule has 2 aromatic rings. The highest BCUT2D eigenvalue weighted by molar-refractivity contribution is 5.93. The Balaban J connectivity index is 1.63.